The molecule has 0 radical (unpaired) electrons. The van der Waals surface area contributed by atoms with Crippen LogP contribution in [-0.4, -0.2) is 58.4 Å². The van der Waals surface area contributed by atoms with E-state index in [1.165, 1.54) is 0 Å². The molecule has 0 spiro atoms. The van der Waals surface area contributed by atoms with Crippen LogP contribution in [0.25, 0.3) is 0 Å². The number of aliphatic hydroxyl groups excluding tert-OH is 1. The largest absolute Gasteiger partial charge is 0.497 e. The molecule has 0 heterocycles. The van der Waals surface area contributed by atoms with Crippen LogP contribution in [0.3, 0.4) is 0 Å². The van der Waals surface area contributed by atoms with Crippen molar-refractivity contribution in [2.75, 3.05) is 46.4 Å². The van der Waals surface area contributed by atoms with Crippen molar-refractivity contribution in [3.05, 3.63) is 18.2 Å². The zero-order valence-electron chi connectivity index (χ0n) is 13.1. The van der Waals surface area contributed by atoms with E-state index in [2.05, 4.69) is 5.32 Å². The van der Waals surface area contributed by atoms with E-state index >= 15 is 0 Å². The summed E-state index contributed by atoms with van der Waals surface area (Å²) in [4.78, 5) is 0. The highest BCUT2D eigenvalue weighted by Crippen LogP contribution is 2.25. The van der Waals surface area contributed by atoms with Gasteiger partial charge >= 0.3 is 0 Å². The zero-order chi connectivity index (χ0) is 15.7. The summed E-state index contributed by atoms with van der Waals surface area (Å²) in [6.07, 6.45) is -0.650. The monoisotopic (exact) mass is 299 g/mol. The Morgan fingerprint density at radius 3 is 2.19 bits per heavy atom. The Balaban J connectivity index is 2.43. The van der Waals surface area contributed by atoms with Gasteiger partial charge in [0.25, 0.3) is 0 Å². The molecule has 1 rings (SSSR count). The second kappa shape index (κ2) is 9.44. The smallest absolute Gasteiger partial charge is 0.124 e. The van der Waals surface area contributed by atoms with Gasteiger partial charge in [-0.1, -0.05) is 0 Å². The minimum absolute atomic E-state index is 0.0402. The quantitative estimate of drug-likeness (QED) is 0.683. The first kappa shape index (κ1) is 17.6. The van der Waals surface area contributed by atoms with Crippen LogP contribution in [0.15, 0.2) is 18.2 Å². The Kier molecular flexibility index (Phi) is 7.89. The second-order valence-electron chi connectivity index (χ2n) is 4.74. The van der Waals surface area contributed by atoms with Gasteiger partial charge in [0.15, 0.2) is 0 Å². The Labute approximate surface area is 126 Å². The van der Waals surface area contributed by atoms with Crippen molar-refractivity contribution in [2.45, 2.75) is 19.1 Å². The van der Waals surface area contributed by atoms with E-state index in [-0.39, 0.29) is 12.7 Å². The lowest BCUT2D eigenvalue weighted by atomic mass is 10.2. The summed E-state index contributed by atoms with van der Waals surface area (Å²) >= 11 is 0. The fourth-order valence-electron chi connectivity index (χ4n) is 1.76. The Bertz CT molecular complexity index is 391. The first-order valence-corrected chi connectivity index (χ1v) is 6.84. The van der Waals surface area contributed by atoms with Crippen molar-refractivity contribution >= 4 is 5.69 Å². The first-order valence-electron chi connectivity index (χ1n) is 6.84. The highest BCUT2D eigenvalue weighted by molar-refractivity contribution is 5.53. The Morgan fingerprint density at radius 1 is 1.05 bits per heavy atom. The number of aliphatic hydroxyl groups is 1. The molecule has 0 saturated heterocycles. The molecule has 0 fully saturated rings. The summed E-state index contributed by atoms with van der Waals surface area (Å²) in [5, 5.41) is 13.0. The molecule has 2 unspecified atom stereocenters. The van der Waals surface area contributed by atoms with Crippen molar-refractivity contribution in [2.24, 2.45) is 0 Å². The maximum atomic E-state index is 9.89. The van der Waals surface area contributed by atoms with Crippen LogP contribution in [0, 0.1) is 0 Å². The molecule has 6 heteroatoms. The summed E-state index contributed by atoms with van der Waals surface area (Å²) in [6, 6.07) is 5.46. The third-order valence-electron chi connectivity index (χ3n) is 2.87. The fraction of sp³-hybridized carbons (Fsp3) is 0.600. The van der Waals surface area contributed by atoms with Crippen LogP contribution in [0.4, 0.5) is 5.69 Å². The van der Waals surface area contributed by atoms with Crippen LogP contribution in [0.5, 0.6) is 11.5 Å². The lowest BCUT2D eigenvalue weighted by Crippen LogP contribution is -2.28. The van der Waals surface area contributed by atoms with Gasteiger partial charge in [-0.15, -0.1) is 0 Å². The van der Waals surface area contributed by atoms with Gasteiger partial charge in [-0.3, -0.25) is 0 Å². The van der Waals surface area contributed by atoms with Crippen molar-refractivity contribution < 1.29 is 24.1 Å². The van der Waals surface area contributed by atoms with Gasteiger partial charge in [0.05, 0.1) is 39.6 Å². The van der Waals surface area contributed by atoms with Crippen molar-refractivity contribution in [1.82, 2.24) is 0 Å². The third kappa shape index (κ3) is 6.66. The van der Waals surface area contributed by atoms with Crippen LogP contribution in [-0.2, 0) is 9.47 Å². The third-order valence-corrected chi connectivity index (χ3v) is 2.87. The van der Waals surface area contributed by atoms with E-state index in [9.17, 15) is 5.11 Å². The predicted molar refractivity (Wildman–Crippen MR) is 81.3 cm³/mol. The summed E-state index contributed by atoms with van der Waals surface area (Å²) in [5.74, 6) is 1.38. The van der Waals surface area contributed by atoms with E-state index < -0.39 is 6.10 Å². The molecule has 0 saturated carbocycles. The summed E-state index contributed by atoms with van der Waals surface area (Å²) in [6.45, 7) is 3.03. The molecule has 2 N–H and O–H groups in total. The molecular weight excluding hydrogens is 274 g/mol. The van der Waals surface area contributed by atoms with Gasteiger partial charge in [0, 0.05) is 37.5 Å². The molecule has 2 atom stereocenters. The molecule has 0 aliphatic heterocycles. The number of hydrogen-bond acceptors (Lipinski definition) is 6. The van der Waals surface area contributed by atoms with Crippen molar-refractivity contribution in [3.63, 3.8) is 0 Å². The van der Waals surface area contributed by atoms with Gasteiger partial charge in [0.2, 0.25) is 0 Å². The SMILES string of the molecule is COCC(C)OCC(O)CNc1cc(OC)cc(OC)c1. The van der Waals surface area contributed by atoms with E-state index in [4.69, 9.17) is 18.9 Å². The number of anilines is 1. The van der Waals surface area contributed by atoms with Crippen molar-refractivity contribution in [1.29, 1.82) is 0 Å². The van der Waals surface area contributed by atoms with Gasteiger partial charge in [0.1, 0.15) is 11.5 Å². The zero-order valence-corrected chi connectivity index (χ0v) is 13.1. The predicted octanol–water partition coefficient (Wildman–Crippen LogP) is 1.53. The molecule has 1 aromatic carbocycles. The highest BCUT2D eigenvalue weighted by atomic mass is 16.5. The molecule has 21 heavy (non-hydrogen) atoms. The molecule has 0 bridgehead atoms. The molecule has 0 amide bonds. The van der Waals surface area contributed by atoms with Crippen LogP contribution < -0.4 is 14.8 Å². The number of nitrogens with one attached hydrogen (secondary N) is 1. The normalized spacial score (nSPS) is 13.6. The summed E-state index contributed by atoms with van der Waals surface area (Å²) in [7, 11) is 4.81. The summed E-state index contributed by atoms with van der Waals surface area (Å²) in [5.41, 5.74) is 0.815. The maximum absolute atomic E-state index is 9.89. The minimum Gasteiger partial charge on any atom is -0.497 e. The van der Waals surface area contributed by atoms with Crippen LogP contribution in [0.2, 0.25) is 0 Å². The number of hydrogen-bond donors (Lipinski definition) is 2. The van der Waals surface area contributed by atoms with E-state index in [0.29, 0.717) is 24.7 Å². The average molecular weight is 299 g/mol. The van der Waals surface area contributed by atoms with E-state index in [0.717, 1.165) is 5.69 Å². The molecule has 1 aromatic rings. The standard InChI is InChI=1S/C15H25NO5/c1-11(9-18-2)21-10-13(17)8-16-12-5-14(19-3)7-15(6-12)20-4/h5-7,11,13,16-17H,8-10H2,1-4H3. The van der Waals surface area contributed by atoms with Gasteiger partial charge in [-0.05, 0) is 6.92 Å². The topological polar surface area (TPSA) is 69.2 Å². The molecule has 120 valence electrons. The van der Waals surface area contributed by atoms with Gasteiger partial charge < -0.3 is 29.4 Å². The molecule has 0 aromatic heterocycles. The summed E-state index contributed by atoms with van der Waals surface area (Å²) < 4.78 is 20.8. The number of methoxy groups -OCH3 is 3. The fourth-order valence-corrected chi connectivity index (χ4v) is 1.76. The highest BCUT2D eigenvalue weighted by Gasteiger charge is 2.09. The molecular formula is C15H25NO5. The number of ether oxygens (including phenoxy) is 4. The second-order valence-corrected chi connectivity index (χ2v) is 4.74. The molecule has 0 aliphatic rings. The van der Waals surface area contributed by atoms with Gasteiger partial charge in [-0.25, -0.2) is 0 Å². The van der Waals surface area contributed by atoms with E-state index in [1.807, 2.05) is 19.1 Å². The van der Waals surface area contributed by atoms with E-state index in [1.54, 1.807) is 27.4 Å². The minimum atomic E-state index is -0.610. The molecule has 0 aliphatic carbocycles. The number of benzene rings is 1. The maximum Gasteiger partial charge on any atom is 0.124 e. The average Bonchev–Trinajstić information content (AvgIpc) is 2.50. The lowest BCUT2D eigenvalue weighted by Gasteiger charge is -2.17. The van der Waals surface area contributed by atoms with Crippen LogP contribution >= 0.6 is 0 Å². The van der Waals surface area contributed by atoms with Gasteiger partial charge in [-0.2, -0.15) is 0 Å². The Morgan fingerprint density at radius 2 is 1.67 bits per heavy atom. The van der Waals surface area contributed by atoms with Crippen LogP contribution in [0.1, 0.15) is 6.92 Å². The number of rotatable bonds is 10. The Hall–Kier alpha value is -1.50. The van der Waals surface area contributed by atoms with Crippen molar-refractivity contribution in [3.8, 4) is 11.5 Å². The molecule has 6 nitrogen and oxygen atoms in total. The first-order chi connectivity index (χ1) is 10.1. The lowest BCUT2D eigenvalue weighted by molar-refractivity contribution is -0.0282.